The predicted octanol–water partition coefficient (Wildman–Crippen LogP) is 5.12. The van der Waals surface area contributed by atoms with Gasteiger partial charge in [-0.05, 0) is 49.5 Å². The Balaban J connectivity index is 1.76. The van der Waals surface area contributed by atoms with Gasteiger partial charge in [-0.25, -0.2) is 16.8 Å². The van der Waals surface area contributed by atoms with E-state index in [9.17, 15) is 26.4 Å². The molecule has 1 fully saturated rings. The van der Waals surface area contributed by atoms with Crippen LogP contribution in [0.1, 0.15) is 47.2 Å². The minimum absolute atomic E-state index is 0.0213. The van der Waals surface area contributed by atoms with E-state index in [1.807, 2.05) is 31.2 Å². The van der Waals surface area contributed by atoms with Crippen molar-refractivity contribution in [2.24, 2.45) is 11.8 Å². The van der Waals surface area contributed by atoms with E-state index in [1.165, 1.54) is 4.31 Å². The van der Waals surface area contributed by atoms with E-state index in [0.717, 1.165) is 24.7 Å². The van der Waals surface area contributed by atoms with Crippen molar-refractivity contribution in [2.75, 3.05) is 18.6 Å². The molecule has 0 amide bonds. The summed E-state index contributed by atoms with van der Waals surface area (Å²) < 4.78 is 54.8. The summed E-state index contributed by atoms with van der Waals surface area (Å²) in [5.74, 6) is -1.29. The molecule has 2 atom stereocenters. The average molecular weight is 606 g/mol. The summed E-state index contributed by atoms with van der Waals surface area (Å²) in [4.78, 5) is 27.6. The maximum atomic E-state index is 14.3. The summed E-state index contributed by atoms with van der Waals surface area (Å²) in [6.07, 6.45) is 2.71. The Morgan fingerprint density at radius 1 is 0.833 bits per heavy atom. The molecule has 0 N–H and O–H groups in total. The molecule has 3 aromatic rings. The third kappa shape index (κ3) is 6.64. The summed E-state index contributed by atoms with van der Waals surface area (Å²) in [5.41, 5.74) is 2.80. The van der Waals surface area contributed by atoms with Crippen molar-refractivity contribution < 1.29 is 26.4 Å². The predicted molar refractivity (Wildman–Crippen MR) is 163 cm³/mol. The number of nitrogens with zero attached hydrogens (tertiary/aromatic N) is 1. The van der Waals surface area contributed by atoms with Crippen LogP contribution in [0.4, 0.5) is 0 Å². The molecule has 3 aromatic carbocycles. The maximum absolute atomic E-state index is 14.3. The number of hydrogen-bond donors (Lipinski definition) is 0. The summed E-state index contributed by atoms with van der Waals surface area (Å²) in [6, 6.07) is 23.4. The van der Waals surface area contributed by atoms with Gasteiger partial charge in [-0.15, -0.1) is 0 Å². The number of carbonyl (C=O) groups is 2. The first kappa shape index (κ1) is 30.1. The fourth-order valence-corrected chi connectivity index (χ4v) is 8.03. The molecule has 0 aromatic heterocycles. The highest BCUT2D eigenvalue weighted by Crippen LogP contribution is 2.43. The highest BCUT2D eigenvalue weighted by molar-refractivity contribution is 7.90. The number of ketones is 2. The molecule has 7 nitrogen and oxygen atoms in total. The van der Waals surface area contributed by atoms with Crippen molar-refractivity contribution in [2.45, 2.75) is 43.5 Å². The zero-order valence-electron chi connectivity index (χ0n) is 23.8. The molecule has 1 saturated carbocycles. The maximum Gasteiger partial charge on any atom is 0.243 e. The first-order valence-corrected chi connectivity index (χ1v) is 17.6. The first-order valence-electron chi connectivity index (χ1n) is 14.1. The van der Waals surface area contributed by atoms with Gasteiger partial charge in [0.25, 0.3) is 0 Å². The normalized spacial score (nSPS) is 20.0. The van der Waals surface area contributed by atoms with Crippen molar-refractivity contribution in [1.29, 1.82) is 0 Å². The highest BCUT2D eigenvalue weighted by atomic mass is 32.2. The van der Waals surface area contributed by atoms with E-state index in [4.69, 9.17) is 0 Å². The van der Waals surface area contributed by atoms with Crippen LogP contribution in [0.15, 0.2) is 95.4 Å². The van der Waals surface area contributed by atoms with Gasteiger partial charge in [-0.2, -0.15) is 4.31 Å². The van der Waals surface area contributed by atoms with Gasteiger partial charge in [0.2, 0.25) is 10.0 Å². The molecule has 1 aliphatic carbocycles. The third-order valence-electron chi connectivity index (χ3n) is 8.01. The molecule has 0 unspecified atom stereocenters. The molecular formula is C33H35NO6S2. The monoisotopic (exact) mass is 605 g/mol. The molecule has 2 aliphatic rings. The van der Waals surface area contributed by atoms with E-state index in [-0.39, 0.29) is 47.5 Å². The second-order valence-corrected chi connectivity index (χ2v) is 15.5. The molecule has 42 heavy (non-hydrogen) atoms. The van der Waals surface area contributed by atoms with Crippen LogP contribution in [-0.2, 0) is 24.7 Å². The first-order chi connectivity index (χ1) is 20.0. The summed E-state index contributed by atoms with van der Waals surface area (Å²) >= 11 is 0. The zero-order chi connectivity index (χ0) is 30.1. The smallest absolute Gasteiger partial charge is 0.243 e. The number of sulfone groups is 1. The number of benzene rings is 3. The number of aryl methyl sites for hydroxylation is 1. The largest absolute Gasteiger partial charge is 0.299 e. The molecule has 5 rings (SSSR count). The van der Waals surface area contributed by atoms with E-state index < -0.39 is 31.8 Å². The molecule has 9 heteroatoms. The Bertz CT molecular complexity index is 1710. The molecule has 0 radical (unpaired) electrons. The molecule has 0 bridgehead atoms. The Morgan fingerprint density at radius 3 is 2.00 bits per heavy atom. The Morgan fingerprint density at radius 2 is 1.43 bits per heavy atom. The van der Waals surface area contributed by atoms with E-state index in [1.54, 1.807) is 60.7 Å². The quantitative estimate of drug-likeness (QED) is 0.281. The lowest BCUT2D eigenvalue weighted by Gasteiger charge is -2.42. The van der Waals surface area contributed by atoms with Gasteiger partial charge in [-0.3, -0.25) is 9.59 Å². The van der Waals surface area contributed by atoms with Crippen molar-refractivity contribution in [3.8, 4) is 0 Å². The van der Waals surface area contributed by atoms with Gasteiger partial charge in [-0.1, -0.05) is 78.4 Å². The molecule has 1 aliphatic heterocycles. The van der Waals surface area contributed by atoms with Crippen molar-refractivity contribution in [3.63, 3.8) is 0 Å². The third-order valence-corrected chi connectivity index (χ3v) is 10.9. The summed E-state index contributed by atoms with van der Waals surface area (Å²) in [6.45, 7) is 1.76. The van der Waals surface area contributed by atoms with Gasteiger partial charge in [0, 0.05) is 42.2 Å². The number of rotatable bonds is 11. The van der Waals surface area contributed by atoms with Crippen LogP contribution in [0.2, 0.25) is 0 Å². The Labute approximate surface area is 248 Å². The topological polar surface area (TPSA) is 106 Å². The zero-order valence-corrected chi connectivity index (χ0v) is 25.4. The van der Waals surface area contributed by atoms with Crippen LogP contribution in [-0.4, -0.2) is 57.3 Å². The van der Waals surface area contributed by atoms with Crippen LogP contribution in [0, 0.1) is 18.8 Å². The molecular weight excluding hydrogens is 570 g/mol. The Hall–Kier alpha value is -3.40. The highest BCUT2D eigenvalue weighted by Gasteiger charge is 2.45. The average Bonchev–Trinajstić information content (AvgIpc) is 3.82. The number of hydrogen-bond acceptors (Lipinski definition) is 6. The van der Waals surface area contributed by atoms with E-state index >= 15 is 0 Å². The molecule has 0 saturated heterocycles. The Kier molecular flexibility index (Phi) is 8.64. The summed E-state index contributed by atoms with van der Waals surface area (Å²) in [7, 11) is -7.62. The number of Topliss-reactive ketones (excluding diaryl/α,β-unsaturated/α-hetero) is 2. The van der Waals surface area contributed by atoms with Crippen molar-refractivity contribution >= 4 is 37.0 Å². The van der Waals surface area contributed by atoms with Crippen LogP contribution in [0.25, 0.3) is 5.57 Å². The van der Waals surface area contributed by atoms with Crippen LogP contribution < -0.4 is 0 Å². The van der Waals surface area contributed by atoms with Crippen LogP contribution in [0.5, 0.6) is 0 Å². The number of sulfonamides is 1. The number of carbonyl (C=O) groups excluding carboxylic acids is 2. The second kappa shape index (κ2) is 12.1. The van der Waals surface area contributed by atoms with Crippen LogP contribution in [0.3, 0.4) is 0 Å². The second-order valence-electron chi connectivity index (χ2n) is 11.4. The molecule has 220 valence electrons. The minimum Gasteiger partial charge on any atom is -0.299 e. The standard InChI is InChI=1S/C33H35NO6S2/c1-23-13-17-28(18-14-23)42(39,40)34-22-27(21-30(35)24-15-16-24)32(33(36)26-11-7-4-8-12-26)31(25-9-5-3-6-10-25)29(34)19-20-41(2,37)38/h3-14,17-18,24,27,29H,15-16,19-22H2,1-2H3/t27-,29-/m0/s1. The van der Waals surface area contributed by atoms with Gasteiger partial charge in [0.05, 0.1) is 16.7 Å². The van der Waals surface area contributed by atoms with E-state index in [2.05, 4.69) is 0 Å². The van der Waals surface area contributed by atoms with E-state index in [0.29, 0.717) is 22.3 Å². The lowest BCUT2D eigenvalue weighted by atomic mass is 9.76. The lowest BCUT2D eigenvalue weighted by molar-refractivity contribution is -0.121. The van der Waals surface area contributed by atoms with Gasteiger partial charge in [0.15, 0.2) is 5.78 Å². The summed E-state index contributed by atoms with van der Waals surface area (Å²) in [5, 5.41) is 0. The lowest BCUT2D eigenvalue weighted by Crippen LogP contribution is -2.49. The SMILES string of the molecule is Cc1ccc(S(=O)(=O)N2C[C@H](CC(=O)C3CC3)C(C(=O)c3ccccc3)=C(c3ccccc3)[C@@H]2CCS(C)(=O)=O)cc1. The fourth-order valence-electron chi connectivity index (χ4n) is 5.70. The molecule has 1 heterocycles. The van der Waals surface area contributed by atoms with Crippen LogP contribution >= 0.6 is 0 Å². The fraction of sp³-hybridized carbons (Fsp3) is 0.333. The van der Waals surface area contributed by atoms with Gasteiger partial charge in [0.1, 0.15) is 15.6 Å². The van der Waals surface area contributed by atoms with Gasteiger partial charge >= 0.3 is 0 Å². The van der Waals surface area contributed by atoms with Crippen molar-refractivity contribution in [1.82, 2.24) is 4.31 Å². The van der Waals surface area contributed by atoms with Crippen molar-refractivity contribution in [3.05, 3.63) is 107 Å². The minimum atomic E-state index is -4.14. The molecule has 0 spiro atoms. The van der Waals surface area contributed by atoms with Gasteiger partial charge < -0.3 is 0 Å².